The van der Waals surface area contributed by atoms with Gasteiger partial charge in [0, 0.05) is 13.1 Å². The van der Waals surface area contributed by atoms with Crippen molar-refractivity contribution >= 4 is 41.6 Å². The summed E-state index contributed by atoms with van der Waals surface area (Å²) in [5.74, 6) is -0.143. The Morgan fingerprint density at radius 2 is 1.97 bits per heavy atom. The second-order valence-corrected chi connectivity index (χ2v) is 8.10. The zero-order chi connectivity index (χ0) is 19.5. The number of carbonyl (C=O) groups excluding carboxylic acids is 2. The number of aryl methyl sites for hydroxylation is 2. The molecule has 1 N–H and O–H groups in total. The fraction of sp³-hybridized carbons (Fsp3) is 0.381. The lowest BCUT2D eigenvalue weighted by Crippen LogP contribution is -2.34. The van der Waals surface area contributed by atoms with Crippen molar-refractivity contribution in [1.82, 2.24) is 9.27 Å². The number of ether oxygens (including phenoxy) is 1. The number of ketones is 2. The van der Waals surface area contributed by atoms with Crippen LogP contribution in [0.15, 0.2) is 35.1 Å². The van der Waals surface area contributed by atoms with Gasteiger partial charge in [-0.3, -0.25) is 18.3 Å². The van der Waals surface area contributed by atoms with Gasteiger partial charge in [-0.05, 0) is 56.0 Å². The topological polar surface area (TPSA) is 77.4 Å². The minimum atomic E-state index is -0.575. The van der Waals surface area contributed by atoms with Crippen molar-refractivity contribution in [2.75, 3.05) is 13.1 Å². The second-order valence-electron chi connectivity index (χ2n) is 7.07. The Labute approximate surface area is 179 Å². The first-order chi connectivity index (χ1) is 13.6. The first kappa shape index (κ1) is 21.5. The molecule has 8 heteroatoms. The molecule has 1 aromatic carbocycles. The Morgan fingerprint density at radius 3 is 2.83 bits per heavy atom. The Balaban J connectivity index is 0.00000240. The molecular weight excluding hydrogens is 412 g/mol. The van der Waals surface area contributed by atoms with Crippen molar-refractivity contribution < 1.29 is 14.3 Å². The number of hydrogen-bond donors (Lipinski definition) is 1. The van der Waals surface area contributed by atoms with Gasteiger partial charge in [0.05, 0.1) is 5.56 Å². The first-order valence-corrected chi connectivity index (χ1v) is 10.4. The van der Waals surface area contributed by atoms with Gasteiger partial charge in [0.1, 0.15) is 16.7 Å². The summed E-state index contributed by atoms with van der Waals surface area (Å²) in [6.07, 6.45) is 6.63. The number of nitrogens with one attached hydrogen (secondary N) is 1. The molecule has 1 aromatic heterocycles. The van der Waals surface area contributed by atoms with E-state index < -0.39 is 11.6 Å². The number of hydrogen-bond acceptors (Lipinski definition) is 6. The van der Waals surface area contributed by atoms with Crippen molar-refractivity contribution in [2.24, 2.45) is 0 Å². The van der Waals surface area contributed by atoms with E-state index in [1.807, 2.05) is 18.2 Å². The summed E-state index contributed by atoms with van der Waals surface area (Å²) >= 11 is 1.10. The number of unbranched alkanes of at least 4 members (excludes halogenated alkanes) is 1. The maximum atomic E-state index is 12.3. The van der Waals surface area contributed by atoms with E-state index in [9.17, 15) is 14.4 Å². The normalized spacial score (nSPS) is 17.3. The van der Waals surface area contributed by atoms with E-state index in [-0.39, 0.29) is 28.9 Å². The summed E-state index contributed by atoms with van der Waals surface area (Å²) in [6.45, 7) is 2.21. The lowest BCUT2D eigenvalue weighted by molar-refractivity contribution is -0.110. The summed E-state index contributed by atoms with van der Waals surface area (Å²) in [7, 11) is 0. The summed E-state index contributed by atoms with van der Waals surface area (Å²) in [5.41, 5.74) is 1.44. The van der Waals surface area contributed by atoms with Gasteiger partial charge in [-0.2, -0.15) is 0 Å². The molecule has 2 aliphatic rings. The van der Waals surface area contributed by atoms with Gasteiger partial charge in [0.15, 0.2) is 0 Å². The van der Waals surface area contributed by atoms with Gasteiger partial charge in [0.2, 0.25) is 11.6 Å². The summed E-state index contributed by atoms with van der Waals surface area (Å²) < 4.78 is 7.59. The Kier molecular flexibility index (Phi) is 7.05. The van der Waals surface area contributed by atoms with Crippen LogP contribution in [0, 0.1) is 0 Å². The van der Waals surface area contributed by atoms with Crippen molar-refractivity contribution in [3.63, 3.8) is 0 Å². The minimum absolute atomic E-state index is 0. The van der Waals surface area contributed by atoms with Crippen LogP contribution in [-0.2, 0) is 17.8 Å². The molecule has 29 heavy (non-hydrogen) atoms. The van der Waals surface area contributed by atoms with Crippen LogP contribution in [0.2, 0.25) is 0 Å². The molecule has 2 heterocycles. The molecule has 1 aliphatic heterocycles. The number of Topliss-reactive ketones (excluding diaryl/α,β-unsaturated/α-hetero) is 1. The molecule has 0 spiro atoms. The average molecular weight is 435 g/mol. The molecular formula is C21H23ClN2O4S. The molecule has 0 unspecified atom stereocenters. The van der Waals surface area contributed by atoms with Crippen LogP contribution in [0.1, 0.15) is 40.1 Å². The monoisotopic (exact) mass is 434 g/mol. The molecule has 1 atom stereocenters. The van der Waals surface area contributed by atoms with Gasteiger partial charge < -0.3 is 10.1 Å². The number of para-hydroxylation sites is 1. The van der Waals surface area contributed by atoms with E-state index >= 15 is 0 Å². The fourth-order valence-electron chi connectivity index (χ4n) is 3.53. The molecule has 0 radical (unpaired) electrons. The van der Waals surface area contributed by atoms with Crippen molar-refractivity contribution in [3.8, 4) is 5.75 Å². The standard InChI is InChI=1S/C21H22N2O4S.ClH/c24-17-10-9-16-20(19(17)25)28-23(21(16)26)12-4-3-11-22-13-15-8-7-14-5-1-2-6-18(14)27-15;/h1-2,5-6,9-10,15,22H,3-4,7-8,11-13H2;1H/t15-;/m1./s1. The third-order valence-corrected chi connectivity index (χ3v) is 6.23. The highest BCUT2D eigenvalue weighted by molar-refractivity contribution is 7.10. The predicted molar refractivity (Wildman–Crippen MR) is 115 cm³/mol. The van der Waals surface area contributed by atoms with E-state index in [1.54, 1.807) is 3.96 Å². The molecule has 0 amide bonds. The Morgan fingerprint density at radius 1 is 1.14 bits per heavy atom. The van der Waals surface area contributed by atoms with E-state index in [4.69, 9.17) is 4.74 Å². The number of aromatic nitrogens is 1. The SMILES string of the molecule is Cl.O=C1C=Cc2c(sn(CCCCNC[C@H]3CCc4ccccc4O3)c2=O)C1=O. The largest absolute Gasteiger partial charge is 0.489 e. The third-order valence-electron chi connectivity index (χ3n) is 5.07. The van der Waals surface area contributed by atoms with E-state index in [2.05, 4.69) is 11.4 Å². The number of rotatable bonds is 7. The van der Waals surface area contributed by atoms with Crippen LogP contribution in [-0.4, -0.2) is 34.7 Å². The third kappa shape index (κ3) is 4.69. The van der Waals surface area contributed by atoms with E-state index in [1.165, 1.54) is 17.7 Å². The highest BCUT2D eigenvalue weighted by atomic mass is 35.5. The number of benzene rings is 1. The fourth-order valence-corrected chi connectivity index (χ4v) is 4.59. The maximum Gasteiger partial charge on any atom is 0.268 e. The Hall–Kier alpha value is -2.22. The van der Waals surface area contributed by atoms with Crippen molar-refractivity contribution in [2.45, 2.75) is 38.3 Å². The van der Waals surface area contributed by atoms with E-state index in [0.29, 0.717) is 12.1 Å². The zero-order valence-corrected chi connectivity index (χ0v) is 17.5. The van der Waals surface area contributed by atoms with Gasteiger partial charge in [-0.15, -0.1) is 12.4 Å². The summed E-state index contributed by atoms with van der Waals surface area (Å²) in [4.78, 5) is 35.9. The average Bonchev–Trinajstić information content (AvgIpc) is 3.03. The zero-order valence-electron chi connectivity index (χ0n) is 15.9. The van der Waals surface area contributed by atoms with Crippen molar-refractivity contribution in [1.29, 1.82) is 0 Å². The number of carbonyl (C=O) groups is 2. The predicted octanol–water partition coefficient (Wildman–Crippen LogP) is 2.87. The van der Waals surface area contributed by atoms with Crippen molar-refractivity contribution in [3.05, 3.63) is 56.7 Å². The molecule has 6 nitrogen and oxygen atoms in total. The smallest absolute Gasteiger partial charge is 0.268 e. The molecule has 0 fully saturated rings. The van der Waals surface area contributed by atoms with Gasteiger partial charge in [-0.1, -0.05) is 29.7 Å². The number of allylic oxidation sites excluding steroid dienone is 1. The molecule has 4 rings (SSSR count). The number of fused-ring (bicyclic) bond motifs is 2. The number of nitrogens with zero attached hydrogens (tertiary/aromatic N) is 1. The minimum Gasteiger partial charge on any atom is -0.489 e. The quantitative estimate of drug-likeness (QED) is 0.535. The van der Waals surface area contributed by atoms with Gasteiger partial charge in [-0.25, -0.2) is 0 Å². The molecule has 0 saturated carbocycles. The second kappa shape index (κ2) is 9.52. The summed E-state index contributed by atoms with van der Waals surface area (Å²) in [5, 5.41) is 3.43. The lowest BCUT2D eigenvalue weighted by atomic mass is 10.0. The maximum absolute atomic E-state index is 12.3. The summed E-state index contributed by atoms with van der Waals surface area (Å²) in [6, 6.07) is 8.17. The van der Waals surface area contributed by atoms with Gasteiger partial charge >= 0.3 is 0 Å². The van der Waals surface area contributed by atoms with Crippen LogP contribution < -0.4 is 15.6 Å². The lowest BCUT2D eigenvalue weighted by Gasteiger charge is -2.26. The highest BCUT2D eigenvalue weighted by Gasteiger charge is 2.26. The van der Waals surface area contributed by atoms with Crippen LogP contribution in [0.4, 0.5) is 0 Å². The molecule has 0 saturated heterocycles. The highest BCUT2D eigenvalue weighted by Crippen LogP contribution is 2.26. The molecule has 2 aromatic rings. The van der Waals surface area contributed by atoms with Crippen LogP contribution in [0.25, 0.3) is 6.08 Å². The number of halogens is 1. The van der Waals surface area contributed by atoms with E-state index in [0.717, 1.165) is 56.1 Å². The van der Waals surface area contributed by atoms with Crippen LogP contribution in [0.5, 0.6) is 5.75 Å². The molecule has 1 aliphatic carbocycles. The Bertz CT molecular complexity index is 995. The molecule has 0 bridgehead atoms. The van der Waals surface area contributed by atoms with Gasteiger partial charge in [0.25, 0.3) is 5.56 Å². The first-order valence-electron chi connectivity index (χ1n) is 9.59. The van der Waals surface area contributed by atoms with Crippen LogP contribution in [0.3, 0.4) is 0 Å². The molecule has 154 valence electrons. The van der Waals surface area contributed by atoms with Crippen LogP contribution >= 0.6 is 23.9 Å².